The maximum Gasteiger partial charge on any atom is 0.235 e. The second-order valence-corrected chi connectivity index (χ2v) is 3.13. The molecule has 0 aliphatic carbocycles. The molecular formula is C10H15N3O2. The highest BCUT2D eigenvalue weighted by atomic mass is 16.6. The lowest BCUT2D eigenvalue weighted by atomic mass is 10.2. The monoisotopic (exact) mass is 209 g/mol. The Morgan fingerprint density at radius 1 is 1.40 bits per heavy atom. The molecule has 5 nitrogen and oxygen atoms in total. The fourth-order valence-electron chi connectivity index (χ4n) is 0.958. The predicted molar refractivity (Wildman–Crippen MR) is 56.4 cm³/mol. The zero-order valence-electron chi connectivity index (χ0n) is 8.35. The van der Waals surface area contributed by atoms with E-state index in [0.29, 0.717) is 6.61 Å². The van der Waals surface area contributed by atoms with E-state index in [4.69, 9.17) is 16.3 Å². The molecule has 0 bridgehead atoms. The molecule has 0 heterocycles. The Kier molecular flexibility index (Phi) is 4.76. The van der Waals surface area contributed by atoms with E-state index in [2.05, 4.69) is 5.48 Å². The number of nitrogens with two attached hydrogens (primary N) is 2. The van der Waals surface area contributed by atoms with Crippen LogP contribution in [0.25, 0.3) is 0 Å². The van der Waals surface area contributed by atoms with Gasteiger partial charge in [0, 0.05) is 6.54 Å². The first-order valence-corrected chi connectivity index (χ1v) is 4.63. The third-order valence-electron chi connectivity index (χ3n) is 1.85. The number of benzene rings is 1. The van der Waals surface area contributed by atoms with Crippen LogP contribution in [0.4, 0.5) is 0 Å². The Hall–Kier alpha value is -1.43. The lowest BCUT2D eigenvalue weighted by Gasteiger charge is -2.09. The number of nitrogens with one attached hydrogen (secondary N) is 1. The van der Waals surface area contributed by atoms with Crippen molar-refractivity contribution in [2.24, 2.45) is 11.5 Å². The van der Waals surface area contributed by atoms with Gasteiger partial charge in [0.15, 0.2) is 0 Å². The Morgan fingerprint density at radius 3 is 2.67 bits per heavy atom. The van der Waals surface area contributed by atoms with E-state index >= 15 is 0 Å². The van der Waals surface area contributed by atoms with Crippen LogP contribution in [-0.4, -0.2) is 18.5 Å². The normalized spacial score (nSPS) is 12.3. The van der Waals surface area contributed by atoms with E-state index < -0.39 is 11.9 Å². The molecule has 0 saturated carbocycles. The summed E-state index contributed by atoms with van der Waals surface area (Å²) in [5.74, 6) is -0.550. The minimum atomic E-state index is -0.722. The van der Waals surface area contributed by atoms with Crippen LogP contribution in [-0.2, 0) is 16.2 Å². The molecule has 82 valence electrons. The van der Waals surface area contributed by atoms with Gasteiger partial charge < -0.3 is 11.5 Å². The molecular weight excluding hydrogens is 194 g/mol. The number of hydrogen-bond donors (Lipinski definition) is 3. The zero-order valence-corrected chi connectivity index (χ0v) is 8.35. The van der Waals surface area contributed by atoms with Gasteiger partial charge in [-0.15, -0.1) is 0 Å². The first-order chi connectivity index (χ1) is 7.20. The molecule has 1 atom stereocenters. The fourth-order valence-corrected chi connectivity index (χ4v) is 0.958. The molecule has 1 amide bonds. The molecule has 5 heteroatoms. The van der Waals surface area contributed by atoms with Crippen molar-refractivity contribution < 1.29 is 9.63 Å². The van der Waals surface area contributed by atoms with Gasteiger partial charge >= 0.3 is 0 Å². The van der Waals surface area contributed by atoms with Crippen LogP contribution in [0.5, 0.6) is 0 Å². The van der Waals surface area contributed by atoms with Crippen molar-refractivity contribution in [2.75, 3.05) is 6.54 Å². The van der Waals surface area contributed by atoms with E-state index in [1.54, 1.807) is 0 Å². The minimum Gasteiger partial charge on any atom is -0.368 e. The summed E-state index contributed by atoms with van der Waals surface area (Å²) in [5, 5.41) is 0. The summed E-state index contributed by atoms with van der Waals surface area (Å²) in [6.45, 7) is 0.633. The van der Waals surface area contributed by atoms with Crippen LogP contribution >= 0.6 is 0 Å². The largest absolute Gasteiger partial charge is 0.368 e. The summed E-state index contributed by atoms with van der Waals surface area (Å²) in [6, 6.07) is 8.94. The Labute approximate surface area is 88.3 Å². The van der Waals surface area contributed by atoms with Crippen molar-refractivity contribution in [1.29, 1.82) is 0 Å². The maximum absolute atomic E-state index is 10.6. The predicted octanol–water partition coefficient (Wildman–Crippen LogP) is -0.480. The van der Waals surface area contributed by atoms with E-state index in [0.717, 1.165) is 5.56 Å². The Morgan fingerprint density at radius 2 is 2.07 bits per heavy atom. The summed E-state index contributed by atoms with van der Waals surface area (Å²) < 4.78 is 0. The molecule has 15 heavy (non-hydrogen) atoms. The molecule has 1 rings (SSSR count). The fraction of sp³-hybridized carbons (Fsp3) is 0.300. The van der Waals surface area contributed by atoms with Gasteiger partial charge in [-0.25, -0.2) is 5.48 Å². The Balaban J connectivity index is 2.15. The van der Waals surface area contributed by atoms with Gasteiger partial charge in [-0.05, 0) is 5.56 Å². The lowest BCUT2D eigenvalue weighted by Crippen LogP contribution is -2.44. The van der Waals surface area contributed by atoms with Gasteiger partial charge in [-0.1, -0.05) is 30.3 Å². The average Bonchev–Trinajstić information content (AvgIpc) is 2.25. The number of amides is 1. The zero-order chi connectivity index (χ0) is 11.1. The van der Waals surface area contributed by atoms with Gasteiger partial charge in [0.25, 0.3) is 0 Å². The number of carbonyl (C=O) groups is 1. The van der Waals surface area contributed by atoms with Crippen LogP contribution in [0.1, 0.15) is 5.56 Å². The Bertz CT molecular complexity index is 303. The third kappa shape index (κ3) is 4.55. The topological polar surface area (TPSA) is 90.4 Å². The van der Waals surface area contributed by atoms with Gasteiger partial charge in [0.05, 0.1) is 12.6 Å². The molecule has 0 spiro atoms. The van der Waals surface area contributed by atoms with E-state index in [-0.39, 0.29) is 6.54 Å². The summed E-state index contributed by atoms with van der Waals surface area (Å²) in [7, 11) is 0. The molecule has 1 aromatic rings. The van der Waals surface area contributed by atoms with Crippen molar-refractivity contribution >= 4 is 5.91 Å². The number of primary amides is 1. The molecule has 0 aliphatic heterocycles. The van der Waals surface area contributed by atoms with Crippen LogP contribution < -0.4 is 16.9 Å². The molecule has 1 aromatic carbocycles. The number of hydroxylamine groups is 1. The summed E-state index contributed by atoms with van der Waals surface area (Å²) >= 11 is 0. The highest BCUT2D eigenvalue weighted by molar-refractivity contribution is 5.79. The first kappa shape index (κ1) is 11.6. The molecule has 5 N–H and O–H groups in total. The van der Waals surface area contributed by atoms with Crippen LogP contribution in [0, 0.1) is 0 Å². The molecule has 0 fully saturated rings. The maximum atomic E-state index is 10.6. The van der Waals surface area contributed by atoms with Gasteiger partial charge in [-0.3, -0.25) is 9.63 Å². The molecule has 0 aliphatic rings. The standard InChI is InChI=1S/C10H15N3O2/c11-9(10(12)14)6-13-15-7-8-4-2-1-3-5-8/h1-5,9,13H,6-7,11H2,(H2,12,14). The van der Waals surface area contributed by atoms with Crippen molar-refractivity contribution in [3.8, 4) is 0 Å². The van der Waals surface area contributed by atoms with E-state index in [9.17, 15) is 4.79 Å². The van der Waals surface area contributed by atoms with Crippen molar-refractivity contribution in [3.05, 3.63) is 35.9 Å². The minimum absolute atomic E-state index is 0.210. The molecule has 0 aromatic heterocycles. The van der Waals surface area contributed by atoms with E-state index in [1.165, 1.54) is 0 Å². The number of carbonyl (C=O) groups excluding carboxylic acids is 1. The smallest absolute Gasteiger partial charge is 0.235 e. The van der Waals surface area contributed by atoms with Gasteiger partial charge in [0.1, 0.15) is 0 Å². The lowest BCUT2D eigenvalue weighted by molar-refractivity contribution is -0.119. The van der Waals surface area contributed by atoms with Crippen molar-refractivity contribution in [2.45, 2.75) is 12.6 Å². The molecule has 1 unspecified atom stereocenters. The molecule has 0 radical (unpaired) electrons. The summed E-state index contributed by atoms with van der Waals surface area (Å²) in [4.78, 5) is 15.7. The van der Waals surface area contributed by atoms with E-state index in [1.807, 2.05) is 30.3 Å². The van der Waals surface area contributed by atoms with Crippen LogP contribution in [0.15, 0.2) is 30.3 Å². The number of rotatable bonds is 6. The second-order valence-electron chi connectivity index (χ2n) is 3.13. The second kappa shape index (κ2) is 6.13. The average molecular weight is 209 g/mol. The molecule has 0 saturated heterocycles. The van der Waals surface area contributed by atoms with Crippen LogP contribution in [0.2, 0.25) is 0 Å². The van der Waals surface area contributed by atoms with Crippen LogP contribution in [0.3, 0.4) is 0 Å². The summed E-state index contributed by atoms with van der Waals surface area (Å²) in [5.41, 5.74) is 14.0. The first-order valence-electron chi connectivity index (χ1n) is 4.63. The third-order valence-corrected chi connectivity index (χ3v) is 1.85. The van der Waals surface area contributed by atoms with Crippen molar-refractivity contribution in [1.82, 2.24) is 5.48 Å². The highest BCUT2D eigenvalue weighted by Gasteiger charge is 2.07. The summed E-state index contributed by atoms with van der Waals surface area (Å²) in [6.07, 6.45) is 0. The highest BCUT2D eigenvalue weighted by Crippen LogP contribution is 1.98. The quantitative estimate of drug-likeness (QED) is 0.436. The van der Waals surface area contributed by atoms with Gasteiger partial charge in [-0.2, -0.15) is 0 Å². The number of hydrogen-bond acceptors (Lipinski definition) is 4. The SMILES string of the molecule is NC(=O)C(N)CNOCc1ccccc1. The van der Waals surface area contributed by atoms with Gasteiger partial charge in [0.2, 0.25) is 5.91 Å². The van der Waals surface area contributed by atoms with Crippen molar-refractivity contribution in [3.63, 3.8) is 0 Å².